The molecule has 2 aromatic rings. The zero-order valence-electron chi connectivity index (χ0n) is 17.8. The molecule has 0 amide bonds. The monoisotopic (exact) mass is 542 g/mol. The summed E-state index contributed by atoms with van der Waals surface area (Å²) in [5.41, 5.74) is 0. The SMILES string of the molecule is CCNC(=NCC(c1ccco1)N1CCCC1)NCCOc1ccc2c(c1)OCO2.I. The molecular formula is C22H31IN4O4. The number of hydrogen-bond donors (Lipinski definition) is 2. The number of aliphatic imine (C=N–C) groups is 1. The van der Waals surface area contributed by atoms with Crippen molar-refractivity contribution in [3.8, 4) is 17.2 Å². The summed E-state index contributed by atoms with van der Waals surface area (Å²) in [6, 6.07) is 9.76. The minimum atomic E-state index is 0. The van der Waals surface area contributed by atoms with E-state index < -0.39 is 0 Å². The van der Waals surface area contributed by atoms with Crippen molar-refractivity contribution < 1.29 is 18.6 Å². The molecule has 0 radical (unpaired) electrons. The Bertz CT molecular complexity index is 825. The minimum absolute atomic E-state index is 0. The smallest absolute Gasteiger partial charge is 0.231 e. The summed E-state index contributed by atoms with van der Waals surface area (Å²) in [5, 5.41) is 6.65. The summed E-state index contributed by atoms with van der Waals surface area (Å²) in [6.45, 7) is 7.09. The lowest BCUT2D eigenvalue weighted by molar-refractivity contribution is 0.173. The molecule has 2 aliphatic heterocycles. The highest BCUT2D eigenvalue weighted by atomic mass is 127. The van der Waals surface area contributed by atoms with Gasteiger partial charge in [0.25, 0.3) is 0 Å². The third-order valence-corrected chi connectivity index (χ3v) is 5.23. The van der Waals surface area contributed by atoms with Crippen LogP contribution in [0.2, 0.25) is 0 Å². The third kappa shape index (κ3) is 6.42. The number of fused-ring (bicyclic) bond motifs is 1. The molecule has 1 fully saturated rings. The number of rotatable bonds is 9. The summed E-state index contributed by atoms with van der Waals surface area (Å²) in [4.78, 5) is 7.26. The van der Waals surface area contributed by atoms with E-state index in [0.29, 0.717) is 19.7 Å². The Morgan fingerprint density at radius 3 is 2.77 bits per heavy atom. The number of benzene rings is 1. The molecular weight excluding hydrogens is 511 g/mol. The fourth-order valence-corrected chi connectivity index (χ4v) is 3.74. The molecule has 8 nitrogen and oxygen atoms in total. The largest absolute Gasteiger partial charge is 0.492 e. The van der Waals surface area contributed by atoms with Crippen LogP contribution in [0.1, 0.15) is 31.6 Å². The number of nitrogens with zero attached hydrogens (tertiary/aromatic N) is 2. The molecule has 0 spiro atoms. The molecule has 1 saturated heterocycles. The van der Waals surface area contributed by atoms with Gasteiger partial charge in [-0.2, -0.15) is 0 Å². The van der Waals surface area contributed by atoms with Gasteiger partial charge in [-0.3, -0.25) is 9.89 Å². The molecule has 2 N–H and O–H groups in total. The number of nitrogens with one attached hydrogen (secondary N) is 2. The van der Waals surface area contributed by atoms with Gasteiger partial charge >= 0.3 is 0 Å². The van der Waals surface area contributed by atoms with Gasteiger partial charge in [-0.1, -0.05) is 0 Å². The van der Waals surface area contributed by atoms with Crippen molar-refractivity contribution in [2.45, 2.75) is 25.8 Å². The van der Waals surface area contributed by atoms with Crippen molar-refractivity contribution in [1.82, 2.24) is 15.5 Å². The topological polar surface area (TPSA) is 80.5 Å². The first kappa shape index (κ1) is 23.5. The van der Waals surface area contributed by atoms with E-state index in [1.165, 1.54) is 12.8 Å². The van der Waals surface area contributed by atoms with Crippen LogP contribution < -0.4 is 24.8 Å². The molecule has 31 heavy (non-hydrogen) atoms. The summed E-state index contributed by atoms with van der Waals surface area (Å²) in [7, 11) is 0. The maximum absolute atomic E-state index is 5.82. The van der Waals surface area contributed by atoms with E-state index in [-0.39, 0.29) is 36.8 Å². The number of halogens is 1. The highest BCUT2D eigenvalue weighted by Crippen LogP contribution is 2.35. The first-order chi connectivity index (χ1) is 14.8. The van der Waals surface area contributed by atoms with E-state index in [2.05, 4.69) is 22.5 Å². The van der Waals surface area contributed by atoms with Crippen LogP contribution in [0, 0.1) is 0 Å². The third-order valence-electron chi connectivity index (χ3n) is 5.23. The molecule has 0 aliphatic carbocycles. The highest BCUT2D eigenvalue weighted by molar-refractivity contribution is 14.0. The molecule has 0 saturated carbocycles. The van der Waals surface area contributed by atoms with Crippen molar-refractivity contribution >= 4 is 29.9 Å². The lowest BCUT2D eigenvalue weighted by atomic mass is 10.2. The van der Waals surface area contributed by atoms with Crippen LogP contribution in [0.5, 0.6) is 17.2 Å². The van der Waals surface area contributed by atoms with Gasteiger partial charge in [-0.15, -0.1) is 24.0 Å². The van der Waals surface area contributed by atoms with Crippen molar-refractivity contribution in [1.29, 1.82) is 0 Å². The predicted molar refractivity (Wildman–Crippen MR) is 130 cm³/mol. The Labute approximate surface area is 200 Å². The Hall–Kier alpha value is -2.14. The Morgan fingerprint density at radius 2 is 2.00 bits per heavy atom. The zero-order chi connectivity index (χ0) is 20.6. The highest BCUT2D eigenvalue weighted by Gasteiger charge is 2.25. The Morgan fingerprint density at radius 1 is 1.16 bits per heavy atom. The van der Waals surface area contributed by atoms with E-state index in [1.807, 2.05) is 30.3 Å². The molecule has 1 unspecified atom stereocenters. The first-order valence-corrected chi connectivity index (χ1v) is 10.7. The Balaban J connectivity index is 0.00000272. The van der Waals surface area contributed by atoms with Crippen LogP contribution in [0.3, 0.4) is 0 Å². The molecule has 170 valence electrons. The van der Waals surface area contributed by atoms with E-state index in [1.54, 1.807) is 6.26 Å². The fourth-order valence-electron chi connectivity index (χ4n) is 3.74. The number of likely N-dealkylation sites (tertiary alicyclic amines) is 1. The summed E-state index contributed by atoms with van der Waals surface area (Å²) in [6.07, 6.45) is 4.20. The van der Waals surface area contributed by atoms with Gasteiger partial charge in [-0.25, -0.2) is 0 Å². The lowest BCUT2D eigenvalue weighted by Crippen LogP contribution is -2.40. The van der Waals surface area contributed by atoms with Crippen LogP contribution in [0.4, 0.5) is 0 Å². The summed E-state index contributed by atoms with van der Waals surface area (Å²) < 4.78 is 22.2. The second-order valence-corrected chi connectivity index (χ2v) is 7.28. The second-order valence-electron chi connectivity index (χ2n) is 7.28. The molecule has 9 heteroatoms. The van der Waals surface area contributed by atoms with E-state index >= 15 is 0 Å². The van der Waals surface area contributed by atoms with Gasteiger partial charge in [0.1, 0.15) is 18.1 Å². The fraction of sp³-hybridized carbons (Fsp3) is 0.500. The molecule has 4 rings (SSSR count). The maximum atomic E-state index is 5.82. The van der Waals surface area contributed by atoms with E-state index in [9.17, 15) is 0 Å². The normalized spacial score (nSPS) is 16.6. The van der Waals surface area contributed by atoms with Crippen molar-refractivity contribution in [2.75, 3.05) is 46.1 Å². The molecule has 1 aromatic heterocycles. The van der Waals surface area contributed by atoms with Gasteiger partial charge < -0.3 is 29.3 Å². The van der Waals surface area contributed by atoms with Crippen molar-refractivity contribution in [3.05, 3.63) is 42.4 Å². The number of furan rings is 1. The summed E-state index contributed by atoms with van der Waals surface area (Å²) in [5.74, 6) is 3.99. The first-order valence-electron chi connectivity index (χ1n) is 10.7. The van der Waals surface area contributed by atoms with Gasteiger partial charge in [0.2, 0.25) is 6.79 Å². The lowest BCUT2D eigenvalue weighted by Gasteiger charge is -2.24. The zero-order valence-corrected chi connectivity index (χ0v) is 20.2. The molecule has 2 aliphatic rings. The average molecular weight is 542 g/mol. The molecule has 0 bridgehead atoms. The second kappa shape index (κ2) is 12.0. The maximum Gasteiger partial charge on any atom is 0.231 e. The van der Waals surface area contributed by atoms with Gasteiger partial charge in [0.05, 0.1) is 25.4 Å². The van der Waals surface area contributed by atoms with Gasteiger partial charge in [0.15, 0.2) is 17.5 Å². The number of guanidine groups is 1. The van der Waals surface area contributed by atoms with Crippen LogP contribution in [0.15, 0.2) is 46.0 Å². The quantitative estimate of drug-likeness (QED) is 0.218. The van der Waals surface area contributed by atoms with Crippen LogP contribution in [-0.2, 0) is 0 Å². The van der Waals surface area contributed by atoms with Crippen molar-refractivity contribution in [3.63, 3.8) is 0 Å². The minimum Gasteiger partial charge on any atom is -0.492 e. The Kier molecular flexibility index (Phi) is 9.13. The standard InChI is InChI=1S/C22H30N4O4.HI/c1-2-23-22(24-9-13-27-17-7-8-20-21(14-17)30-16-29-20)25-15-18(19-6-5-12-28-19)26-10-3-4-11-26;/h5-8,12,14,18H,2-4,9-11,13,15-16H2,1H3,(H2,23,24,25);1H. The van der Waals surface area contributed by atoms with E-state index in [4.69, 9.17) is 23.6 Å². The number of hydrogen-bond acceptors (Lipinski definition) is 6. The van der Waals surface area contributed by atoms with Crippen LogP contribution >= 0.6 is 24.0 Å². The average Bonchev–Trinajstić information content (AvgIpc) is 3.54. The van der Waals surface area contributed by atoms with E-state index in [0.717, 1.165) is 48.6 Å². The van der Waals surface area contributed by atoms with Gasteiger partial charge in [-0.05, 0) is 57.1 Å². The van der Waals surface area contributed by atoms with Crippen LogP contribution in [-0.4, -0.2) is 57.0 Å². The van der Waals surface area contributed by atoms with Gasteiger partial charge in [0, 0.05) is 12.6 Å². The van der Waals surface area contributed by atoms with Crippen LogP contribution in [0.25, 0.3) is 0 Å². The summed E-state index contributed by atoms with van der Waals surface area (Å²) >= 11 is 0. The molecule has 3 heterocycles. The molecule has 1 aromatic carbocycles. The number of ether oxygens (including phenoxy) is 3. The predicted octanol–water partition coefficient (Wildman–Crippen LogP) is 3.40. The van der Waals surface area contributed by atoms with Crippen molar-refractivity contribution in [2.24, 2.45) is 4.99 Å². The molecule has 1 atom stereocenters.